The SMILES string of the molecule is COc1cc(C)c(C)cc1C(CN)C1CCSCC1. The van der Waals surface area contributed by atoms with Crippen LogP contribution >= 0.6 is 11.8 Å². The number of rotatable bonds is 4. The molecule has 0 aliphatic carbocycles. The first kappa shape index (κ1) is 14.7. The molecule has 0 radical (unpaired) electrons. The molecular weight excluding hydrogens is 254 g/mol. The van der Waals surface area contributed by atoms with Gasteiger partial charge in [0.1, 0.15) is 5.75 Å². The van der Waals surface area contributed by atoms with E-state index in [4.69, 9.17) is 10.5 Å². The van der Waals surface area contributed by atoms with E-state index in [1.165, 1.54) is 41.0 Å². The fourth-order valence-corrected chi connectivity index (χ4v) is 4.11. The Bertz CT molecular complexity index is 427. The summed E-state index contributed by atoms with van der Waals surface area (Å²) in [6.45, 7) is 5.02. The molecule has 1 saturated heterocycles. The zero-order valence-electron chi connectivity index (χ0n) is 12.2. The summed E-state index contributed by atoms with van der Waals surface area (Å²) < 4.78 is 5.59. The van der Waals surface area contributed by atoms with Crippen LogP contribution in [0.3, 0.4) is 0 Å². The molecule has 2 nitrogen and oxygen atoms in total. The van der Waals surface area contributed by atoms with Crippen LogP contribution in [-0.4, -0.2) is 25.2 Å². The number of ether oxygens (including phenoxy) is 1. The second kappa shape index (κ2) is 6.67. The van der Waals surface area contributed by atoms with Crippen LogP contribution in [0.1, 0.15) is 35.4 Å². The van der Waals surface area contributed by atoms with Crippen molar-refractivity contribution in [1.82, 2.24) is 0 Å². The largest absolute Gasteiger partial charge is 0.496 e. The van der Waals surface area contributed by atoms with Gasteiger partial charge in [-0.15, -0.1) is 0 Å². The van der Waals surface area contributed by atoms with Gasteiger partial charge in [0.25, 0.3) is 0 Å². The molecule has 0 aromatic heterocycles. The van der Waals surface area contributed by atoms with Gasteiger partial charge in [0.2, 0.25) is 0 Å². The fraction of sp³-hybridized carbons (Fsp3) is 0.625. The number of methoxy groups -OCH3 is 1. The van der Waals surface area contributed by atoms with Crippen LogP contribution in [-0.2, 0) is 0 Å². The third-order valence-electron chi connectivity index (χ3n) is 4.33. The van der Waals surface area contributed by atoms with Crippen molar-refractivity contribution >= 4 is 11.8 Å². The van der Waals surface area contributed by atoms with Gasteiger partial charge >= 0.3 is 0 Å². The van der Waals surface area contributed by atoms with E-state index in [0.29, 0.717) is 18.4 Å². The Morgan fingerprint density at radius 1 is 1.26 bits per heavy atom. The molecule has 1 heterocycles. The van der Waals surface area contributed by atoms with Gasteiger partial charge in [-0.05, 0) is 73.4 Å². The summed E-state index contributed by atoms with van der Waals surface area (Å²) in [6.07, 6.45) is 2.56. The Morgan fingerprint density at radius 2 is 1.89 bits per heavy atom. The van der Waals surface area contributed by atoms with Crippen molar-refractivity contribution in [2.24, 2.45) is 11.7 Å². The molecule has 1 aliphatic rings. The highest BCUT2D eigenvalue weighted by molar-refractivity contribution is 7.99. The molecular formula is C16H25NOS. The van der Waals surface area contributed by atoms with Gasteiger partial charge in [-0.25, -0.2) is 0 Å². The summed E-state index contributed by atoms with van der Waals surface area (Å²) >= 11 is 2.07. The molecule has 1 aromatic carbocycles. The monoisotopic (exact) mass is 279 g/mol. The number of thioether (sulfide) groups is 1. The maximum absolute atomic E-state index is 6.08. The second-order valence-electron chi connectivity index (χ2n) is 5.47. The van der Waals surface area contributed by atoms with Crippen molar-refractivity contribution in [3.8, 4) is 5.75 Å². The topological polar surface area (TPSA) is 35.2 Å². The quantitative estimate of drug-likeness (QED) is 0.916. The van der Waals surface area contributed by atoms with E-state index >= 15 is 0 Å². The van der Waals surface area contributed by atoms with Crippen molar-refractivity contribution in [3.63, 3.8) is 0 Å². The lowest BCUT2D eigenvalue weighted by Gasteiger charge is -2.31. The zero-order chi connectivity index (χ0) is 13.8. The lowest BCUT2D eigenvalue weighted by Crippen LogP contribution is -2.25. The van der Waals surface area contributed by atoms with Crippen LogP contribution in [0.15, 0.2) is 12.1 Å². The van der Waals surface area contributed by atoms with E-state index < -0.39 is 0 Å². The molecule has 1 atom stereocenters. The molecule has 0 spiro atoms. The Hall–Kier alpha value is -0.670. The number of aryl methyl sites for hydroxylation is 2. The Morgan fingerprint density at radius 3 is 2.47 bits per heavy atom. The third kappa shape index (κ3) is 3.26. The van der Waals surface area contributed by atoms with E-state index in [0.717, 1.165) is 5.75 Å². The van der Waals surface area contributed by atoms with Gasteiger partial charge in [0.15, 0.2) is 0 Å². The summed E-state index contributed by atoms with van der Waals surface area (Å²) in [4.78, 5) is 0. The molecule has 3 heteroatoms. The zero-order valence-corrected chi connectivity index (χ0v) is 13.1. The Labute approximate surface area is 121 Å². The van der Waals surface area contributed by atoms with Gasteiger partial charge in [-0.1, -0.05) is 6.07 Å². The van der Waals surface area contributed by atoms with Crippen LogP contribution in [0.5, 0.6) is 5.75 Å². The van der Waals surface area contributed by atoms with E-state index in [-0.39, 0.29) is 0 Å². The number of nitrogens with two attached hydrogens (primary N) is 1. The van der Waals surface area contributed by atoms with E-state index in [1.807, 2.05) is 0 Å². The molecule has 2 rings (SSSR count). The highest BCUT2D eigenvalue weighted by atomic mass is 32.2. The average Bonchev–Trinajstić information content (AvgIpc) is 2.44. The highest BCUT2D eigenvalue weighted by Crippen LogP contribution is 2.39. The van der Waals surface area contributed by atoms with Crippen molar-refractivity contribution in [2.45, 2.75) is 32.6 Å². The fourth-order valence-electron chi connectivity index (χ4n) is 2.97. The highest BCUT2D eigenvalue weighted by Gasteiger charge is 2.26. The van der Waals surface area contributed by atoms with Crippen LogP contribution in [0.4, 0.5) is 0 Å². The van der Waals surface area contributed by atoms with Gasteiger partial charge in [0, 0.05) is 5.92 Å². The summed E-state index contributed by atoms with van der Waals surface area (Å²) in [7, 11) is 1.76. The van der Waals surface area contributed by atoms with Crippen molar-refractivity contribution < 1.29 is 4.74 Å². The maximum atomic E-state index is 6.08. The van der Waals surface area contributed by atoms with E-state index in [2.05, 4.69) is 37.7 Å². The molecule has 1 fully saturated rings. The minimum Gasteiger partial charge on any atom is -0.496 e. The summed E-state index contributed by atoms with van der Waals surface area (Å²) in [6, 6.07) is 4.44. The summed E-state index contributed by atoms with van der Waals surface area (Å²) in [5, 5.41) is 0. The Kier molecular flexibility index (Phi) is 5.17. The lowest BCUT2D eigenvalue weighted by atomic mass is 9.81. The predicted octanol–water partition coefficient (Wildman–Crippen LogP) is 3.50. The standard InChI is InChI=1S/C16H25NOS/c1-11-8-14(16(18-3)9-12(11)2)15(10-17)13-4-6-19-7-5-13/h8-9,13,15H,4-7,10,17H2,1-3H3. The predicted molar refractivity (Wildman–Crippen MR) is 84.3 cm³/mol. The maximum Gasteiger partial charge on any atom is 0.122 e. The van der Waals surface area contributed by atoms with Crippen molar-refractivity contribution in [2.75, 3.05) is 25.2 Å². The van der Waals surface area contributed by atoms with Crippen LogP contribution in [0.2, 0.25) is 0 Å². The number of benzene rings is 1. The van der Waals surface area contributed by atoms with E-state index in [9.17, 15) is 0 Å². The molecule has 2 N–H and O–H groups in total. The Balaban J connectivity index is 2.33. The number of hydrogen-bond donors (Lipinski definition) is 1. The van der Waals surface area contributed by atoms with E-state index in [1.54, 1.807) is 7.11 Å². The molecule has 0 amide bonds. The molecule has 19 heavy (non-hydrogen) atoms. The minimum atomic E-state index is 0.440. The average molecular weight is 279 g/mol. The first-order valence-corrected chi connectivity index (χ1v) is 8.25. The number of hydrogen-bond acceptors (Lipinski definition) is 3. The molecule has 1 aliphatic heterocycles. The molecule has 106 valence electrons. The second-order valence-corrected chi connectivity index (χ2v) is 6.70. The summed E-state index contributed by atoms with van der Waals surface area (Å²) in [5.74, 6) is 4.71. The normalized spacial score (nSPS) is 18.3. The van der Waals surface area contributed by atoms with Crippen LogP contribution in [0.25, 0.3) is 0 Å². The smallest absolute Gasteiger partial charge is 0.122 e. The first-order valence-electron chi connectivity index (χ1n) is 7.10. The molecule has 1 aromatic rings. The van der Waals surface area contributed by atoms with Crippen molar-refractivity contribution in [3.05, 3.63) is 28.8 Å². The third-order valence-corrected chi connectivity index (χ3v) is 5.38. The summed E-state index contributed by atoms with van der Waals surface area (Å²) in [5.41, 5.74) is 10.0. The molecule has 0 bridgehead atoms. The minimum absolute atomic E-state index is 0.440. The molecule has 0 saturated carbocycles. The van der Waals surface area contributed by atoms with Crippen molar-refractivity contribution in [1.29, 1.82) is 0 Å². The van der Waals surface area contributed by atoms with Crippen LogP contribution < -0.4 is 10.5 Å². The van der Waals surface area contributed by atoms with Gasteiger partial charge in [-0.2, -0.15) is 11.8 Å². The van der Waals surface area contributed by atoms with Gasteiger partial charge < -0.3 is 10.5 Å². The van der Waals surface area contributed by atoms with Gasteiger partial charge in [-0.3, -0.25) is 0 Å². The lowest BCUT2D eigenvalue weighted by molar-refractivity contribution is 0.368. The first-order chi connectivity index (χ1) is 9.17. The van der Waals surface area contributed by atoms with Gasteiger partial charge in [0.05, 0.1) is 7.11 Å². The molecule has 1 unspecified atom stereocenters. The van der Waals surface area contributed by atoms with Crippen LogP contribution in [0, 0.1) is 19.8 Å².